The molecule has 1 aliphatic rings. The quantitative estimate of drug-likeness (QED) is 0.688. The highest BCUT2D eigenvalue weighted by Crippen LogP contribution is 2.27. The van der Waals surface area contributed by atoms with E-state index < -0.39 is 12.4 Å². The zero-order valence-corrected chi connectivity index (χ0v) is 9.18. The molecule has 1 aliphatic heterocycles. The van der Waals surface area contributed by atoms with Gasteiger partial charge in [0.05, 0.1) is 18.3 Å². The summed E-state index contributed by atoms with van der Waals surface area (Å²) in [5.74, 6) is -0.310. The van der Waals surface area contributed by atoms with Gasteiger partial charge in [-0.25, -0.2) is 0 Å². The summed E-state index contributed by atoms with van der Waals surface area (Å²) in [7, 11) is 0. The van der Waals surface area contributed by atoms with Crippen LogP contribution in [0.15, 0.2) is 0 Å². The topological polar surface area (TPSA) is 58.9 Å². The Kier molecular flexibility index (Phi) is 3.89. The molecule has 84 valence electrons. The zero-order chi connectivity index (χ0) is 10.9. The summed E-state index contributed by atoms with van der Waals surface area (Å²) in [6.45, 7) is 7.37. The molecule has 1 heterocycles. The van der Waals surface area contributed by atoms with E-state index in [0.29, 0.717) is 0 Å². The maximum absolute atomic E-state index is 9.86. The van der Waals surface area contributed by atoms with Crippen LogP contribution in [0.3, 0.4) is 0 Å². The zero-order valence-electron chi connectivity index (χ0n) is 9.18. The normalized spacial score (nSPS) is 44.4. The van der Waals surface area contributed by atoms with E-state index in [4.69, 9.17) is 9.47 Å². The molecule has 1 saturated heterocycles. The Morgan fingerprint density at radius 1 is 1.21 bits per heavy atom. The molecule has 0 aromatic carbocycles. The van der Waals surface area contributed by atoms with Gasteiger partial charge in [0.25, 0.3) is 0 Å². The monoisotopic (exact) mass is 204 g/mol. The SMILES string of the molecule is CC(C)OC1C(C)OC(O)C(C)C1O. The first kappa shape index (κ1) is 11.9. The molecule has 0 aliphatic carbocycles. The number of hydrogen-bond donors (Lipinski definition) is 2. The van der Waals surface area contributed by atoms with Crippen molar-refractivity contribution in [1.82, 2.24) is 0 Å². The van der Waals surface area contributed by atoms with Crippen LogP contribution < -0.4 is 0 Å². The van der Waals surface area contributed by atoms with Crippen molar-refractivity contribution in [3.63, 3.8) is 0 Å². The molecule has 14 heavy (non-hydrogen) atoms. The van der Waals surface area contributed by atoms with Crippen molar-refractivity contribution >= 4 is 0 Å². The van der Waals surface area contributed by atoms with Crippen LogP contribution in [0.2, 0.25) is 0 Å². The summed E-state index contributed by atoms with van der Waals surface area (Å²) in [5.41, 5.74) is 0. The second-order valence-corrected chi connectivity index (χ2v) is 4.23. The minimum atomic E-state index is -0.896. The van der Waals surface area contributed by atoms with Gasteiger partial charge in [-0.2, -0.15) is 0 Å². The highest BCUT2D eigenvalue weighted by atomic mass is 16.6. The minimum absolute atomic E-state index is 0.0446. The van der Waals surface area contributed by atoms with Crippen molar-refractivity contribution in [2.45, 2.75) is 58.4 Å². The molecule has 0 spiro atoms. The summed E-state index contributed by atoms with van der Waals surface area (Å²) in [4.78, 5) is 0. The molecule has 0 amide bonds. The summed E-state index contributed by atoms with van der Waals surface area (Å²) in [5, 5.41) is 19.3. The molecule has 5 atom stereocenters. The van der Waals surface area contributed by atoms with Crippen molar-refractivity contribution in [3.05, 3.63) is 0 Å². The Labute approximate surface area is 84.8 Å². The Bertz CT molecular complexity index is 183. The first-order chi connectivity index (χ1) is 6.43. The Morgan fingerprint density at radius 2 is 1.79 bits per heavy atom. The number of hydrogen-bond acceptors (Lipinski definition) is 4. The minimum Gasteiger partial charge on any atom is -0.390 e. The molecule has 5 unspecified atom stereocenters. The Morgan fingerprint density at radius 3 is 2.29 bits per heavy atom. The van der Waals surface area contributed by atoms with Crippen LogP contribution in [0.4, 0.5) is 0 Å². The van der Waals surface area contributed by atoms with Crippen molar-refractivity contribution in [2.75, 3.05) is 0 Å². The van der Waals surface area contributed by atoms with Gasteiger partial charge in [0.1, 0.15) is 6.10 Å². The molecular weight excluding hydrogens is 184 g/mol. The van der Waals surface area contributed by atoms with Crippen molar-refractivity contribution < 1.29 is 19.7 Å². The fraction of sp³-hybridized carbons (Fsp3) is 1.00. The predicted octanol–water partition coefficient (Wildman–Crippen LogP) is 0.514. The Hall–Kier alpha value is -0.160. The van der Waals surface area contributed by atoms with Gasteiger partial charge in [0, 0.05) is 5.92 Å². The fourth-order valence-electron chi connectivity index (χ4n) is 1.67. The van der Waals surface area contributed by atoms with Crippen LogP contribution in [0, 0.1) is 5.92 Å². The van der Waals surface area contributed by atoms with E-state index in [9.17, 15) is 10.2 Å². The molecular formula is C10H20O4. The van der Waals surface area contributed by atoms with Gasteiger partial charge in [0.2, 0.25) is 0 Å². The van der Waals surface area contributed by atoms with Gasteiger partial charge >= 0.3 is 0 Å². The van der Waals surface area contributed by atoms with Gasteiger partial charge in [-0.05, 0) is 20.8 Å². The van der Waals surface area contributed by atoms with E-state index in [1.54, 1.807) is 13.8 Å². The van der Waals surface area contributed by atoms with Crippen LogP contribution in [0.5, 0.6) is 0 Å². The van der Waals surface area contributed by atoms with Gasteiger partial charge < -0.3 is 19.7 Å². The van der Waals surface area contributed by atoms with Gasteiger partial charge in [-0.1, -0.05) is 6.92 Å². The first-order valence-electron chi connectivity index (χ1n) is 5.10. The lowest BCUT2D eigenvalue weighted by atomic mass is 9.93. The maximum atomic E-state index is 9.86. The molecule has 0 bridgehead atoms. The third kappa shape index (κ3) is 2.45. The van der Waals surface area contributed by atoms with Crippen molar-refractivity contribution in [3.8, 4) is 0 Å². The van der Waals surface area contributed by atoms with E-state index in [-0.39, 0.29) is 24.2 Å². The van der Waals surface area contributed by atoms with Crippen LogP contribution in [-0.4, -0.2) is 40.9 Å². The molecule has 4 nitrogen and oxygen atoms in total. The number of ether oxygens (including phenoxy) is 2. The van der Waals surface area contributed by atoms with Gasteiger partial charge in [-0.15, -0.1) is 0 Å². The largest absolute Gasteiger partial charge is 0.390 e. The summed E-state index contributed by atoms with van der Waals surface area (Å²) >= 11 is 0. The molecule has 1 rings (SSSR count). The predicted molar refractivity (Wildman–Crippen MR) is 51.7 cm³/mol. The molecule has 4 heteroatoms. The van der Waals surface area contributed by atoms with E-state index in [1.165, 1.54) is 0 Å². The van der Waals surface area contributed by atoms with E-state index >= 15 is 0 Å². The fourth-order valence-corrected chi connectivity index (χ4v) is 1.67. The standard InChI is InChI=1S/C10H20O4/c1-5(2)13-9-7(4)14-10(12)6(3)8(9)11/h5-12H,1-4H3. The number of rotatable bonds is 2. The van der Waals surface area contributed by atoms with Crippen molar-refractivity contribution in [2.24, 2.45) is 5.92 Å². The molecule has 0 saturated carbocycles. The molecule has 1 fully saturated rings. The molecule has 0 radical (unpaired) electrons. The van der Waals surface area contributed by atoms with E-state index in [1.807, 2.05) is 13.8 Å². The Balaban J connectivity index is 2.64. The smallest absolute Gasteiger partial charge is 0.160 e. The third-order valence-corrected chi connectivity index (χ3v) is 2.57. The lowest BCUT2D eigenvalue weighted by molar-refractivity contribution is -0.270. The molecule has 2 N–H and O–H groups in total. The molecule has 0 aromatic heterocycles. The maximum Gasteiger partial charge on any atom is 0.160 e. The van der Waals surface area contributed by atoms with Gasteiger partial charge in [0.15, 0.2) is 6.29 Å². The van der Waals surface area contributed by atoms with E-state index in [0.717, 1.165) is 0 Å². The lowest BCUT2D eigenvalue weighted by Crippen LogP contribution is -2.54. The van der Waals surface area contributed by atoms with Crippen LogP contribution in [-0.2, 0) is 9.47 Å². The highest BCUT2D eigenvalue weighted by Gasteiger charge is 2.41. The lowest BCUT2D eigenvalue weighted by Gasteiger charge is -2.41. The molecule has 0 aromatic rings. The third-order valence-electron chi connectivity index (χ3n) is 2.57. The average molecular weight is 204 g/mol. The van der Waals surface area contributed by atoms with Gasteiger partial charge in [-0.3, -0.25) is 0 Å². The summed E-state index contributed by atoms with van der Waals surface area (Å²) in [6.07, 6.45) is -2.15. The van der Waals surface area contributed by atoms with Crippen molar-refractivity contribution in [1.29, 1.82) is 0 Å². The average Bonchev–Trinajstić information content (AvgIpc) is 2.09. The van der Waals surface area contributed by atoms with Crippen LogP contribution in [0.1, 0.15) is 27.7 Å². The van der Waals surface area contributed by atoms with E-state index in [2.05, 4.69) is 0 Å². The van der Waals surface area contributed by atoms with Crippen LogP contribution in [0.25, 0.3) is 0 Å². The summed E-state index contributed by atoms with van der Waals surface area (Å²) < 4.78 is 10.8. The first-order valence-corrected chi connectivity index (χ1v) is 5.10. The van der Waals surface area contributed by atoms with Crippen LogP contribution >= 0.6 is 0 Å². The number of aliphatic hydroxyl groups excluding tert-OH is 2. The second kappa shape index (κ2) is 4.57. The second-order valence-electron chi connectivity index (χ2n) is 4.23. The summed E-state index contributed by atoms with van der Waals surface area (Å²) in [6, 6.07) is 0. The highest BCUT2D eigenvalue weighted by molar-refractivity contribution is 4.86. The number of aliphatic hydroxyl groups is 2.